The fourth-order valence-corrected chi connectivity index (χ4v) is 8.38. The molecule has 228 valence electrons. The van der Waals surface area contributed by atoms with Crippen molar-refractivity contribution in [1.29, 1.82) is 0 Å². The maximum absolute atomic E-state index is 6.11. The van der Waals surface area contributed by atoms with E-state index in [1.165, 1.54) is 19.5 Å². The second-order valence-electron chi connectivity index (χ2n) is 11.2. The summed E-state index contributed by atoms with van der Waals surface area (Å²) in [5, 5.41) is 0. The van der Waals surface area contributed by atoms with E-state index in [9.17, 15) is 0 Å². The van der Waals surface area contributed by atoms with Gasteiger partial charge in [-0.2, -0.15) is 0 Å². The summed E-state index contributed by atoms with van der Waals surface area (Å²) in [6, 6.07) is 0. The van der Waals surface area contributed by atoms with Gasteiger partial charge in [-0.1, -0.05) is 0 Å². The van der Waals surface area contributed by atoms with E-state index < -0.39 is 0 Å². The van der Waals surface area contributed by atoms with E-state index in [0.29, 0.717) is 26.4 Å². The Balaban J connectivity index is 1.01. The largest absolute Gasteiger partial charge is 0.485 e. The Kier molecular flexibility index (Phi) is 10.2. The lowest BCUT2D eigenvalue weighted by Crippen LogP contribution is -2.35. The van der Waals surface area contributed by atoms with Crippen molar-refractivity contribution in [3.63, 3.8) is 0 Å². The molecule has 0 aliphatic carbocycles. The van der Waals surface area contributed by atoms with Gasteiger partial charge in [-0.25, -0.2) is 0 Å². The highest BCUT2D eigenvalue weighted by Crippen LogP contribution is 2.46. The Morgan fingerprint density at radius 1 is 0.537 bits per heavy atom. The average molecular weight is 609 g/mol. The highest BCUT2D eigenvalue weighted by molar-refractivity contribution is 7.13. The van der Waals surface area contributed by atoms with Gasteiger partial charge in [0.25, 0.3) is 0 Å². The third-order valence-electron chi connectivity index (χ3n) is 7.92. The standard InChI is InChI=1S/C29H44N4O6S2/c1-30(18-22-26-28(38-16-14-36-26)24(40-22)20-32-6-10-34-11-7-32)4-3-5-31(2)19-23-27-29(39-17-15-37-27)25(41-23)21-33-8-12-35-13-9-33/h3-21H2,1-2H3. The number of morpholine rings is 2. The molecule has 0 spiro atoms. The monoisotopic (exact) mass is 608 g/mol. The Morgan fingerprint density at radius 2 is 0.902 bits per heavy atom. The Morgan fingerprint density at radius 3 is 1.29 bits per heavy atom. The third-order valence-corrected chi connectivity index (χ3v) is 10.2. The molecule has 0 N–H and O–H groups in total. The second-order valence-corrected chi connectivity index (χ2v) is 13.6. The molecule has 6 rings (SSSR count). The van der Waals surface area contributed by atoms with E-state index in [-0.39, 0.29) is 0 Å². The molecule has 41 heavy (non-hydrogen) atoms. The molecule has 0 radical (unpaired) electrons. The molecule has 0 aromatic carbocycles. The lowest BCUT2D eigenvalue weighted by atomic mass is 10.2. The van der Waals surface area contributed by atoms with Crippen LogP contribution in [-0.4, -0.2) is 126 Å². The molecular formula is C29H44N4O6S2. The zero-order valence-corrected chi connectivity index (χ0v) is 26.1. The summed E-state index contributed by atoms with van der Waals surface area (Å²) in [7, 11) is 4.41. The minimum atomic E-state index is 0.623. The van der Waals surface area contributed by atoms with Gasteiger partial charge >= 0.3 is 0 Å². The summed E-state index contributed by atoms with van der Waals surface area (Å²) in [5.41, 5.74) is 0. The number of nitrogens with zero attached hydrogens (tertiary/aromatic N) is 4. The summed E-state index contributed by atoms with van der Waals surface area (Å²) in [5.74, 6) is 3.86. The highest BCUT2D eigenvalue weighted by Gasteiger charge is 2.28. The molecule has 0 amide bonds. The quantitative estimate of drug-likeness (QED) is 0.359. The van der Waals surface area contributed by atoms with Crippen LogP contribution >= 0.6 is 22.7 Å². The van der Waals surface area contributed by atoms with E-state index >= 15 is 0 Å². The molecule has 0 unspecified atom stereocenters. The van der Waals surface area contributed by atoms with Crippen molar-refractivity contribution in [3.8, 4) is 23.0 Å². The normalized spacial score (nSPS) is 19.8. The van der Waals surface area contributed by atoms with Crippen molar-refractivity contribution in [2.24, 2.45) is 0 Å². The predicted octanol–water partition coefficient (Wildman–Crippen LogP) is 2.97. The molecule has 0 bridgehead atoms. The van der Waals surface area contributed by atoms with Crippen LogP contribution < -0.4 is 18.9 Å². The molecule has 2 saturated heterocycles. The van der Waals surface area contributed by atoms with Gasteiger partial charge in [0.1, 0.15) is 26.4 Å². The third kappa shape index (κ3) is 7.48. The number of hydrogen-bond donors (Lipinski definition) is 0. The molecular weight excluding hydrogens is 564 g/mol. The average Bonchev–Trinajstić information content (AvgIpc) is 3.51. The molecule has 4 aliphatic heterocycles. The molecule has 4 aliphatic rings. The highest BCUT2D eigenvalue weighted by atomic mass is 32.1. The first kappa shape index (κ1) is 29.4. The zero-order valence-electron chi connectivity index (χ0n) is 24.5. The van der Waals surface area contributed by atoms with Crippen LogP contribution in [0.1, 0.15) is 25.9 Å². The second kappa shape index (κ2) is 14.2. The van der Waals surface area contributed by atoms with Crippen molar-refractivity contribution < 1.29 is 28.4 Å². The van der Waals surface area contributed by atoms with Gasteiger partial charge in [-0.15, -0.1) is 22.7 Å². The molecule has 0 atom stereocenters. The van der Waals surface area contributed by atoms with E-state index in [1.807, 2.05) is 22.7 Å². The van der Waals surface area contributed by atoms with Gasteiger partial charge < -0.3 is 38.2 Å². The number of fused-ring (bicyclic) bond motifs is 2. The summed E-state index contributed by atoms with van der Waals surface area (Å²) in [4.78, 5) is 14.8. The fraction of sp³-hybridized carbons (Fsp3) is 0.724. The predicted molar refractivity (Wildman–Crippen MR) is 160 cm³/mol. The van der Waals surface area contributed by atoms with Gasteiger partial charge in [-0.3, -0.25) is 9.80 Å². The number of thiophene rings is 2. The SMILES string of the molecule is CN(CCCN(C)Cc1sc(CN2CCOCC2)c2c1OCCO2)Cc1sc(CN2CCOCC2)c2c1OCCO2. The van der Waals surface area contributed by atoms with Crippen LogP contribution in [0.3, 0.4) is 0 Å². The number of rotatable bonds is 12. The molecule has 2 aromatic rings. The van der Waals surface area contributed by atoms with Crippen molar-refractivity contribution in [2.45, 2.75) is 32.6 Å². The minimum absolute atomic E-state index is 0.623. The summed E-state index contributed by atoms with van der Waals surface area (Å²) >= 11 is 3.69. The molecule has 0 saturated carbocycles. The fourth-order valence-electron chi connectivity index (χ4n) is 5.75. The van der Waals surface area contributed by atoms with Crippen LogP contribution in [0.15, 0.2) is 0 Å². The molecule has 10 nitrogen and oxygen atoms in total. The Hall–Kier alpha value is -1.64. The van der Waals surface area contributed by atoms with Crippen LogP contribution in [0, 0.1) is 0 Å². The number of hydrogen-bond acceptors (Lipinski definition) is 12. The Labute approximate surface area is 251 Å². The van der Waals surface area contributed by atoms with Crippen molar-refractivity contribution in [1.82, 2.24) is 19.6 Å². The molecule has 12 heteroatoms. The van der Waals surface area contributed by atoms with Crippen LogP contribution in [0.5, 0.6) is 23.0 Å². The maximum atomic E-state index is 6.11. The van der Waals surface area contributed by atoms with E-state index in [1.54, 1.807) is 0 Å². The summed E-state index contributed by atoms with van der Waals surface area (Å²) < 4.78 is 35.4. The van der Waals surface area contributed by atoms with E-state index in [4.69, 9.17) is 28.4 Å². The molecule has 2 aromatic heterocycles. The number of ether oxygens (including phenoxy) is 6. The van der Waals surface area contributed by atoms with Crippen LogP contribution in [0.2, 0.25) is 0 Å². The van der Waals surface area contributed by atoms with Gasteiger partial charge in [0.05, 0.1) is 45.9 Å². The first-order chi connectivity index (χ1) is 20.1. The van der Waals surface area contributed by atoms with Crippen LogP contribution in [-0.2, 0) is 35.7 Å². The van der Waals surface area contributed by atoms with Crippen LogP contribution in [0.4, 0.5) is 0 Å². The van der Waals surface area contributed by atoms with Gasteiger partial charge in [0.2, 0.25) is 0 Å². The molecule has 6 heterocycles. The van der Waals surface area contributed by atoms with E-state index in [2.05, 4.69) is 33.7 Å². The first-order valence-corrected chi connectivity index (χ1v) is 16.5. The van der Waals surface area contributed by atoms with Crippen molar-refractivity contribution >= 4 is 22.7 Å². The summed E-state index contributed by atoms with van der Waals surface area (Å²) in [6.45, 7) is 15.2. The molecule has 2 fully saturated rings. The maximum Gasteiger partial charge on any atom is 0.176 e. The minimum Gasteiger partial charge on any atom is -0.485 e. The van der Waals surface area contributed by atoms with Gasteiger partial charge in [0.15, 0.2) is 23.0 Å². The Bertz CT molecular complexity index is 1040. The first-order valence-electron chi connectivity index (χ1n) is 14.9. The summed E-state index contributed by atoms with van der Waals surface area (Å²) in [6.07, 6.45) is 1.09. The lowest BCUT2D eigenvalue weighted by Gasteiger charge is -2.26. The van der Waals surface area contributed by atoms with Gasteiger partial charge in [0, 0.05) is 52.4 Å². The van der Waals surface area contributed by atoms with Crippen LogP contribution in [0.25, 0.3) is 0 Å². The van der Waals surface area contributed by atoms with Gasteiger partial charge in [-0.05, 0) is 33.6 Å². The lowest BCUT2D eigenvalue weighted by molar-refractivity contribution is 0.0340. The van der Waals surface area contributed by atoms with Crippen molar-refractivity contribution in [2.75, 3.05) is 106 Å². The zero-order chi connectivity index (χ0) is 28.0. The smallest absolute Gasteiger partial charge is 0.176 e. The van der Waals surface area contributed by atoms with E-state index in [0.717, 1.165) is 121 Å². The van der Waals surface area contributed by atoms with Crippen molar-refractivity contribution in [3.05, 3.63) is 19.5 Å². The topological polar surface area (TPSA) is 68.3 Å².